The lowest BCUT2D eigenvalue weighted by Gasteiger charge is -2.17. The van der Waals surface area contributed by atoms with Crippen LogP contribution in [-0.2, 0) is 25.7 Å². The molecule has 1 atom stereocenters. The van der Waals surface area contributed by atoms with E-state index in [4.69, 9.17) is 18.6 Å². The maximum atomic E-state index is 12.8. The highest BCUT2D eigenvalue weighted by molar-refractivity contribution is 5.75. The minimum absolute atomic E-state index is 0.00209. The Morgan fingerprint density at radius 2 is 1.83 bits per heavy atom. The molecule has 0 saturated carbocycles. The van der Waals surface area contributed by atoms with Gasteiger partial charge in [-0.05, 0) is 59.5 Å². The number of hydrogen-bond acceptors (Lipinski definition) is 8. The fourth-order valence-corrected chi connectivity index (χ4v) is 3.09. The summed E-state index contributed by atoms with van der Waals surface area (Å²) in [4.78, 5) is 36.4. The highest BCUT2D eigenvalue weighted by Crippen LogP contribution is 2.22. The molecule has 8 nitrogen and oxygen atoms in total. The van der Waals surface area contributed by atoms with E-state index in [0.29, 0.717) is 32.3 Å². The molecule has 198 valence electrons. The summed E-state index contributed by atoms with van der Waals surface area (Å²) in [7, 11) is 0. The summed E-state index contributed by atoms with van der Waals surface area (Å²) in [5.41, 5.74) is -1.11. The van der Waals surface area contributed by atoms with E-state index in [2.05, 4.69) is 6.92 Å². The van der Waals surface area contributed by atoms with Crippen LogP contribution < -0.4 is 10.2 Å². The zero-order valence-electron chi connectivity index (χ0n) is 21.9. The Hall–Kier alpha value is -2.61. The van der Waals surface area contributed by atoms with Crippen molar-refractivity contribution in [3.8, 4) is 5.75 Å². The van der Waals surface area contributed by atoms with Gasteiger partial charge in [-0.15, -0.1) is 0 Å². The van der Waals surface area contributed by atoms with Gasteiger partial charge in [0.05, 0.1) is 24.7 Å². The Bertz CT molecular complexity index is 863. The molecular weight excluding hydrogens is 452 g/mol. The lowest BCUT2D eigenvalue weighted by Crippen LogP contribution is -2.23. The quantitative estimate of drug-likeness (QED) is 0.247. The molecule has 0 aliphatic carbocycles. The highest BCUT2D eigenvalue weighted by Gasteiger charge is 2.24. The Labute approximate surface area is 208 Å². The number of unbranched alkanes of at least 4 members (excludes halogenated alkanes) is 4. The van der Waals surface area contributed by atoms with E-state index < -0.39 is 22.9 Å². The van der Waals surface area contributed by atoms with E-state index in [1.165, 1.54) is 6.07 Å². The van der Waals surface area contributed by atoms with Crippen LogP contribution in [0.15, 0.2) is 21.4 Å². The second-order valence-corrected chi connectivity index (χ2v) is 9.48. The van der Waals surface area contributed by atoms with Crippen molar-refractivity contribution in [3.63, 3.8) is 0 Å². The molecule has 1 aromatic heterocycles. The summed E-state index contributed by atoms with van der Waals surface area (Å²) in [6.45, 7) is 9.43. The Morgan fingerprint density at radius 3 is 2.49 bits per heavy atom. The van der Waals surface area contributed by atoms with Crippen LogP contribution >= 0.6 is 0 Å². The number of aliphatic hydroxyl groups excluding tert-OH is 1. The molecule has 1 unspecified atom stereocenters. The first-order chi connectivity index (χ1) is 16.6. The molecule has 0 amide bonds. The smallest absolute Gasteiger partial charge is 0.311 e. The van der Waals surface area contributed by atoms with E-state index in [1.54, 1.807) is 39.8 Å². The molecule has 35 heavy (non-hydrogen) atoms. The SMILES string of the molecule is CCCCCC(O)/C=C/c1cc(=O)c(OCCCCCC(=O)OCC)c(COC(=O)C(C)(C)C)o1. The second-order valence-electron chi connectivity index (χ2n) is 9.48. The lowest BCUT2D eigenvalue weighted by molar-refractivity contribution is -0.155. The molecule has 0 bridgehead atoms. The lowest BCUT2D eigenvalue weighted by atomic mass is 9.97. The van der Waals surface area contributed by atoms with Gasteiger partial charge in [-0.3, -0.25) is 14.4 Å². The van der Waals surface area contributed by atoms with Crippen LogP contribution in [0.4, 0.5) is 0 Å². The van der Waals surface area contributed by atoms with Crippen LogP contribution in [0.2, 0.25) is 0 Å². The van der Waals surface area contributed by atoms with Gasteiger partial charge in [0.1, 0.15) is 5.76 Å². The van der Waals surface area contributed by atoms with Crippen molar-refractivity contribution < 1.29 is 33.3 Å². The number of carbonyl (C=O) groups is 2. The molecule has 1 heterocycles. The third kappa shape index (κ3) is 12.6. The van der Waals surface area contributed by atoms with Gasteiger partial charge in [0.25, 0.3) is 0 Å². The molecule has 8 heteroatoms. The Kier molecular flexibility index (Phi) is 14.0. The topological polar surface area (TPSA) is 112 Å². The fraction of sp³-hybridized carbons (Fsp3) is 0.667. The van der Waals surface area contributed by atoms with Gasteiger partial charge in [-0.25, -0.2) is 0 Å². The molecule has 0 saturated heterocycles. The van der Waals surface area contributed by atoms with Crippen molar-refractivity contribution in [3.05, 3.63) is 33.9 Å². The minimum atomic E-state index is -0.708. The Morgan fingerprint density at radius 1 is 1.09 bits per heavy atom. The molecule has 1 N–H and O–H groups in total. The monoisotopic (exact) mass is 494 g/mol. The maximum absolute atomic E-state index is 12.8. The van der Waals surface area contributed by atoms with Crippen LogP contribution in [0.25, 0.3) is 6.08 Å². The Balaban J connectivity index is 2.86. The van der Waals surface area contributed by atoms with Crippen molar-refractivity contribution in [1.82, 2.24) is 0 Å². The summed E-state index contributed by atoms with van der Waals surface area (Å²) in [6.07, 6.45) is 8.50. The molecule has 0 spiro atoms. The van der Waals surface area contributed by atoms with E-state index >= 15 is 0 Å². The third-order valence-corrected chi connectivity index (χ3v) is 5.10. The predicted octanol–water partition coefficient (Wildman–Crippen LogP) is 5.19. The van der Waals surface area contributed by atoms with E-state index in [9.17, 15) is 19.5 Å². The average molecular weight is 495 g/mol. The average Bonchev–Trinajstić information content (AvgIpc) is 2.79. The fourth-order valence-electron chi connectivity index (χ4n) is 3.09. The number of esters is 2. The van der Waals surface area contributed by atoms with Crippen molar-refractivity contribution in [2.45, 2.75) is 98.7 Å². The van der Waals surface area contributed by atoms with Crippen LogP contribution in [0.5, 0.6) is 5.75 Å². The number of aliphatic hydroxyl groups is 1. The highest BCUT2D eigenvalue weighted by atomic mass is 16.5. The maximum Gasteiger partial charge on any atom is 0.311 e. The molecule has 1 aromatic rings. The van der Waals surface area contributed by atoms with Gasteiger partial charge in [0.2, 0.25) is 11.2 Å². The first kappa shape index (κ1) is 30.4. The first-order valence-electron chi connectivity index (χ1n) is 12.6. The summed E-state index contributed by atoms with van der Waals surface area (Å²) in [5, 5.41) is 10.1. The molecule has 0 fully saturated rings. The van der Waals surface area contributed by atoms with E-state index in [0.717, 1.165) is 25.7 Å². The van der Waals surface area contributed by atoms with Crippen LogP contribution in [0.3, 0.4) is 0 Å². The third-order valence-electron chi connectivity index (χ3n) is 5.10. The predicted molar refractivity (Wildman–Crippen MR) is 134 cm³/mol. The second kappa shape index (κ2) is 16.1. The van der Waals surface area contributed by atoms with E-state index in [-0.39, 0.29) is 36.5 Å². The van der Waals surface area contributed by atoms with Gasteiger partial charge in [0.15, 0.2) is 12.4 Å². The van der Waals surface area contributed by atoms with Gasteiger partial charge >= 0.3 is 11.9 Å². The van der Waals surface area contributed by atoms with Crippen molar-refractivity contribution in [2.24, 2.45) is 5.41 Å². The number of hydrogen-bond donors (Lipinski definition) is 1. The normalized spacial score (nSPS) is 12.5. The van der Waals surface area contributed by atoms with Crippen LogP contribution in [-0.4, -0.2) is 36.4 Å². The van der Waals surface area contributed by atoms with Crippen molar-refractivity contribution in [2.75, 3.05) is 13.2 Å². The number of rotatable bonds is 16. The van der Waals surface area contributed by atoms with Gasteiger partial charge in [0, 0.05) is 12.5 Å². The largest absolute Gasteiger partial charge is 0.486 e. The minimum Gasteiger partial charge on any atom is -0.486 e. The van der Waals surface area contributed by atoms with E-state index in [1.807, 2.05) is 0 Å². The van der Waals surface area contributed by atoms with Gasteiger partial charge < -0.3 is 23.7 Å². The first-order valence-corrected chi connectivity index (χ1v) is 12.6. The zero-order chi connectivity index (χ0) is 26.3. The molecule has 0 aromatic carbocycles. The molecule has 0 aliphatic rings. The zero-order valence-corrected chi connectivity index (χ0v) is 21.9. The molecule has 0 radical (unpaired) electrons. The standard InChI is InChI=1S/C27H42O8/c1-6-8-10-13-20(28)15-16-21-18-22(29)25(23(35-21)19-34-26(31)27(3,4)5)33-17-12-9-11-14-24(30)32-7-2/h15-16,18,20,28H,6-14,17,19H2,1-5H3/b16-15+. The van der Waals surface area contributed by atoms with Crippen molar-refractivity contribution >= 4 is 18.0 Å². The summed E-state index contributed by atoms with van der Waals surface area (Å²) in [5.74, 6) is -0.305. The molecular formula is C27H42O8. The summed E-state index contributed by atoms with van der Waals surface area (Å²) >= 11 is 0. The summed E-state index contributed by atoms with van der Waals surface area (Å²) in [6, 6.07) is 1.29. The van der Waals surface area contributed by atoms with Crippen molar-refractivity contribution in [1.29, 1.82) is 0 Å². The number of carbonyl (C=O) groups excluding carboxylic acids is 2. The van der Waals surface area contributed by atoms with Gasteiger partial charge in [-0.2, -0.15) is 0 Å². The van der Waals surface area contributed by atoms with Crippen LogP contribution in [0, 0.1) is 5.41 Å². The number of ether oxygens (including phenoxy) is 3. The summed E-state index contributed by atoms with van der Waals surface area (Å²) < 4.78 is 21.8. The molecule has 0 aliphatic heterocycles. The molecule has 1 rings (SSSR count). The van der Waals surface area contributed by atoms with Crippen LogP contribution in [0.1, 0.15) is 97.5 Å². The van der Waals surface area contributed by atoms with Gasteiger partial charge in [-0.1, -0.05) is 32.3 Å².